The molecule has 0 spiro atoms. The Hall–Kier alpha value is -1.25. The summed E-state index contributed by atoms with van der Waals surface area (Å²) >= 11 is 5.55. The topological polar surface area (TPSA) is 52.6 Å². The van der Waals surface area contributed by atoms with Crippen LogP contribution >= 0.6 is 12.2 Å². The van der Waals surface area contributed by atoms with Gasteiger partial charge in [0.2, 0.25) is 0 Å². The van der Waals surface area contributed by atoms with Gasteiger partial charge in [0.15, 0.2) is 14.9 Å². The SMILES string of the molecule is CC(C)N(CCN(C(=S)Nc1ccccc1F)[C@H]1CCS(=O)(=O)C1)C(C)C. The molecule has 1 aliphatic rings. The van der Waals surface area contributed by atoms with E-state index in [1.165, 1.54) is 6.07 Å². The number of hydrogen-bond acceptors (Lipinski definition) is 4. The molecule has 152 valence electrons. The quantitative estimate of drug-likeness (QED) is 0.691. The lowest BCUT2D eigenvalue weighted by Gasteiger charge is -2.36. The Morgan fingerprint density at radius 3 is 2.37 bits per heavy atom. The molecule has 1 saturated heterocycles. The van der Waals surface area contributed by atoms with E-state index in [0.717, 1.165) is 6.54 Å². The van der Waals surface area contributed by atoms with Gasteiger partial charge in [-0.25, -0.2) is 12.8 Å². The van der Waals surface area contributed by atoms with Crippen molar-refractivity contribution < 1.29 is 12.8 Å². The first kappa shape index (κ1) is 22.0. The van der Waals surface area contributed by atoms with Gasteiger partial charge in [-0.3, -0.25) is 4.90 Å². The van der Waals surface area contributed by atoms with Gasteiger partial charge in [0.05, 0.1) is 17.2 Å². The minimum Gasteiger partial charge on any atom is -0.344 e. The monoisotopic (exact) mass is 415 g/mol. The lowest BCUT2D eigenvalue weighted by Crippen LogP contribution is -2.49. The minimum atomic E-state index is -3.04. The second-order valence-electron chi connectivity index (χ2n) is 7.59. The fourth-order valence-corrected chi connectivity index (χ4v) is 5.64. The highest BCUT2D eigenvalue weighted by Crippen LogP contribution is 2.21. The number of thiocarbonyl (C=S) groups is 1. The Bertz CT molecular complexity index is 745. The molecule has 1 aromatic rings. The number of benzene rings is 1. The van der Waals surface area contributed by atoms with Gasteiger partial charge in [-0.15, -0.1) is 0 Å². The van der Waals surface area contributed by atoms with Crippen molar-refractivity contribution >= 4 is 32.9 Å². The van der Waals surface area contributed by atoms with Gasteiger partial charge >= 0.3 is 0 Å². The maximum absolute atomic E-state index is 14.0. The van der Waals surface area contributed by atoms with Crippen molar-refractivity contribution in [3.8, 4) is 0 Å². The van der Waals surface area contributed by atoms with Crippen molar-refractivity contribution in [3.63, 3.8) is 0 Å². The predicted octanol–water partition coefficient (Wildman–Crippen LogP) is 3.13. The highest BCUT2D eigenvalue weighted by molar-refractivity contribution is 7.91. The zero-order valence-electron chi connectivity index (χ0n) is 16.5. The molecule has 1 atom stereocenters. The van der Waals surface area contributed by atoms with E-state index in [0.29, 0.717) is 35.8 Å². The molecule has 1 aromatic carbocycles. The smallest absolute Gasteiger partial charge is 0.173 e. The van der Waals surface area contributed by atoms with Crippen LogP contribution in [0.25, 0.3) is 0 Å². The molecule has 27 heavy (non-hydrogen) atoms. The Labute approximate surface area is 167 Å². The first-order valence-electron chi connectivity index (χ1n) is 9.39. The molecule has 5 nitrogen and oxygen atoms in total. The van der Waals surface area contributed by atoms with Crippen molar-refractivity contribution in [2.24, 2.45) is 0 Å². The van der Waals surface area contributed by atoms with Crippen LogP contribution in [0, 0.1) is 5.82 Å². The van der Waals surface area contributed by atoms with Crippen molar-refractivity contribution in [2.75, 3.05) is 29.9 Å². The number of halogens is 1. The van der Waals surface area contributed by atoms with Gasteiger partial charge in [-0.1, -0.05) is 12.1 Å². The molecule has 1 fully saturated rings. The number of sulfone groups is 1. The summed E-state index contributed by atoms with van der Waals surface area (Å²) in [6.07, 6.45) is 0.546. The third kappa shape index (κ3) is 6.12. The van der Waals surface area contributed by atoms with E-state index in [1.54, 1.807) is 18.2 Å². The molecule has 1 N–H and O–H groups in total. The fourth-order valence-electron chi connectivity index (χ4n) is 3.56. The van der Waals surface area contributed by atoms with Crippen LogP contribution in [0.3, 0.4) is 0 Å². The average Bonchev–Trinajstić information content (AvgIpc) is 2.92. The van der Waals surface area contributed by atoms with E-state index >= 15 is 0 Å². The predicted molar refractivity (Wildman–Crippen MR) is 113 cm³/mol. The van der Waals surface area contributed by atoms with Gasteiger partial charge in [-0.2, -0.15) is 0 Å². The van der Waals surface area contributed by atoms with Crippen LogP contribution in [0.15, 0.2) is 24.3 Å². The lowest BCUT2D eigenvalue weighted by atomic mass is 10.2. The summed E-state index contributed by atoms with van der Waals surface area (Å²) in [5, 5.41) is 3.34. The van der Waals surface area contributed by atoms with E-state index in [1.807, 2.05) is 4.90 Å². The Kier molecular flexibility index (Phi) is 7.59. The summed E-state index contributed by atoms with van der Waals surface area (Å²) < 4.78 is 37.9. The van der Waals surface area contributed by atoms with Crippen molar-refractivity contribution in [1.82, 2.24) is 9.80 Å². The molecule has 0 aromatic heterocycles. The van der Waals surface area contributed by atoms with Crippen LogP contribution in [0.4, 0.5) is 10.1 Å². The third-order valence-corrected chi connectivity index (χ3v) is 7.04. The van der Waals surface area contributed by atoms with Gasteiger partial charge < -0.3 is 10.2 Å². The maximum Gasteiger partial charge on any atom is 0.173 e. The molecule has 1 heterocycles. The Morgan fingerprint density at radius 2 is 1.85 bits per heavy atom. The molecule has 0 aliphatic carbocycles. The highest BCUT2D eigenvalue weighted by Gasteiger charge is 2.34. The van der Waals surface area contributed by atoms with Crippen LogP contribution < -0.4 is 5.32 Å². The fraction of sp³-hybridized carbons (Fsp3) is 0.632. The van der Waals surface area contributed by atoms with Gasteiger partial charge in [-0.05, 0) is 58.5 Å². The van der Waals surface area contributed by atoms with E-state index in [-0.39, 0.29) is 23.4 Å². The number of rotatable bonds is 7. The number of nitrogens with one attached hydrogen (secondary N) is 1. The minimum absolute atomic E-state index is 0.0927. The second-order valence-corrected chi connectivity index (χ2v) is 10.2. The zero-order chi connectivity index (χ0) is 20.2. The van der Waals surface area contributed by atoms with Crippen molar-refractivity contribution in [3.05, 3.63) is 30.1 Å². The Morgan fingerprint density at radius 1 is 1.22 bits per heavy atom. The Balaban J connectivity index is 2.16. The standard InChI is InChI=1S/C19H30FN3O2S2/c1-14(2)22(15(3)4)10-11-23(16-9-12-27(24,25)13-16)19(26)21-18-8-6-5-7-17(18)20/h5-8,14-16H,9-13H2,1-4H3,(H,21,26)/t16-/m0/s1. The summed E-state index contributed by atoms with van der Waals surface area (Å²) in [5.41, 5.74) is 0.304. The number of hydrogen-bond donors (Lipinski definition) is 1. The molecular formula is C19H30FN3O2S2. The summed E-state index contributed by atoms with van der Waals surface area (Å²) in [6, 6.07) is 6.91. The second kappa shape index (κ2) is 9.30. The number of para-hydroxylation sites is 1. The van der Waals surface area contributed by atoms with E-state index < -0.39 is 9.84 Å². The van der Waals surface area contributed by atoms with Gasteiger partial charge in [0.1, 0.15) is 5.82 Å². The zero-order valence-corrected chi connectivity index (χ0v) is 18.1. The largest absolute Gasteiger partial charge is 0.344 e. The highest BCUT2D eigenvalue weighted by atomic mass is 32.2. The molecule has 0 bridgehead atoms. The van der Waals surface area contributed by atoms with Crippen LogP contribution in [0.5, 0.6) is 0 Å². The van der Waals surface area contributed by atoms with Crippen LogP contribution in [-0.2, 0) is 9.84 Å². The van der Waals surface area contributed by atoms with Crippen LogP contribution in [0.1, 0.15) is 34.1 Å². The summed E-state index contributed by atoms with van der Waals surface area (Å²) in [5.74, 6) is -0.117. The van der Waals surface area contributed by atoms with Crippen LogP contribution in [0.2, 0.25) is 0 Å². The normalized spacial score (nSPS) is 19.0. The molecule has 0 saturated carbocycles. The van der Waals surface area contributed by atoms with Gasteiger partial charge in [0, 0.05) is 31.2 Å². The number of nitrogens with zero attached hydrogens (tertiary/aromatic N) is 2. The molecule has 2 rings (SSSR count). The van der Waals surface area contributed by atoms with E-state index in [2.05, 4.69) is 37.9 Å². The molecule has 0 radical (unpaired) electrons. The first-order chi connectivity index (χ1) is 12.6. The molecule has 0 unspecified atom stereocenters. The lowest BCUT2D eigenvalue weighted by molar-refractivity contribution is 0.155. The van der Waals surface area contributed by atoms with Crippen molar-refractivity contribution in [1.29, 1.82) is 0 Å². The summed E-state index contributed by atoms with van der Waals surface area (Å²) in [6.45, 7) is 9.91. The molecule has 0 amide bonds. The van der Waals surface area contributed by atoms with Crippen LogP contribution in [-0.4, -0.2) is 66.1 Å². The van der Waals surface area contributed by atoms with Crippen molar-refractivity contribution in [2.45, 2.75) is 52.2 Å². The molecular weight excluding hydrogens is 385 g/mol. The summed E-state index contributed by atoms with van der Waals surface area (Å²) in [4.78, 5) is 4.26. The maximum atomic E-state index is 14.0. The van der Waals surface area contributed by atoms with Gasteiger partial charge in [0.25, 0.3) is 0 Å². The molecule has 1 aliphatic heterocycles. The molecule has 8 heteroatoms. The van der Waals surface area contributed by atoms with E-state index in [9.17, 15) is 12.8 Å². The average molecular weight is 416 g/mol. The summed E-state index contributed by atoms with van der Waals surface area (Å²) in [7, 11) is -3.04. The third-order valence-electron chi connectivity index (χ3n) is 4.95. The van der Waals surface area contributed by atoms with E-state index in [4.69, 9.17) is 12.2 Å². The first-order valence-corrected chi connectivity index (χ1v) is 11.6. The number of anilines is 1.